The molecule has 0 saturated carbocycles. The van der Waals surface area contributed by atoms with Crippen LogP contribution in [0.2, 0.25) is 0 Å². The third kappa shape index (κ3) is 4.22. The smallest absolute Gasteiger partial charge is 0.312 e. The van der Waals surface area contributed by atoms with Crippen LogP contribution in [0, 0.1) is 10.1 Å². The molecule has 0 aliphatic rings. The van der Waals surface area contributed by atoms with Gasteiger partial charge in [-0.2, -0.15) is 12.6 Å². The van der Waals surface area contributed by atoms with Gasteiger partial charge in [0.15, 0.2) is 5.75 Å². The van der Waals surface area contributed by atoms with Crippen molar-refractivity contribution < 1.29 is 9.66 Å². The molecule has 0 radical (unpaired) electrons. The van der Waals surface area contributed by atoms with Crippen molar-refractivity contribution in [2.75, 3.05) is 12.4 Å². The number of hydrogen-bond acceptors (Lipinski definition) is 4. The fourth-order valence-electron chi connectivity index (χ4n) is 1.93. The Kier molecular flexibility index (Phi) is 5.64. The van der Waals surface area contributed by atoms with Crippen molar-refractivity contribution in [3.05, 3.63) is 68.7 Å². The van der Waals surface area contributed by atoms with Crippen molar-refractivity contribution in [3.63, 3.8) is 0 Å². The van der Waals surface area contributed by atoms with Crippen molar-refractivity contribution in [1.82, 2.24) is 0 Å². The van der Waals surface area contributed by atoms with Gasteiger partial charge in [-0.1, -0.05) is 46.3 Å². The SMILES string of the molecule is O=[N+]([O-])c1cc(Br)ccc1OCC(CS)c1ccccc1. The van der Waals surface area contributed by atoms with Gasteiger partial charge in [0.2, 0.25) is 0 Å². The molecule has 0 saturated heterocycles. The minimum absolute atomic E-state index is 0.0460. The number of benzene rings is 2. The first-order valence-electron chi connectivity index (χ1n) is 6.34. The average molecular weight is 368 g/mol. The van der Waals surface area contributed by atoms with Crippen LogP contribution in [-0.2, 0) is 0 Å². The molecule has 0 N–H and O–H groups in total. The van der Waals surface area contributed by atoms with E-state index in [1.165, 1.54) is 6.07 Å². The molecule has 0 aromatic heterocycles. The van der Waals surface area contributed by atoms with Crippen LogP contribution in [0.5, 0.6) is 5.75 Å². The van der Waals surface area contributed by atoms with Gasteiger partial charge in [0.1, 0.15) is 0 Å². The molecule has 0 aliphatic carbocycles. The quantitative estimate of drug-likeness (QED) is 0.466. The maximum absolute atomic E-state index is 11.0. The molecule has 0 amide bonds. The Hall–Kier alpha value is -1.53. The van der Waals surface area contributed by atoms with E-state index in [9.17, 15) is 10.1 Å². The van der Waals surface area contributed by atoms with Gasteiger partial charge in [-0.25, -0.2) is 0 Å². The van der Waals surface area contributed by atoms with Crippen molar-refractivity contribution in [3.8, 4) is 5.75 Å². The van der Waals surface area contributed by atoms with Crippen LogP contribution in [0.4, 0.5) is 5.69 Å². The Morgan fingerprint density at radius 1 is 1.24 bits per heavy atom. The first-order chi connectivity index (χ1) is 10.1. The summed E-state index contributed by atoms with van der Waals surface area (Å²) in [6.07, 6.45) is 0. The van der Waals surface area contributed by atoms with Gasteiger partial charge in [0, 0.05) is 22.2 Å². The number of nitro groups is 1. The Bertz CT molecular complexity index is 622. The molecule has 21 heavy (non-hydrogen) atoms. The van der Waals surface area contributed by atoms with Gasteiger partial charge < -0.3 is 4.74 Å². The number of hydrogen-bond donors (Lipinski definition) is 1. The molecule has 110 valence electrons. The highest BCUT2D eigenvalue weighted by molar-refractivity contribution is 9.10. The van der Waals surface area contributed by atoms with Gasteiger partial charge in [0.25, 0.3) is 0 Å². The summed E-state index contributed by atoms with van der Waals surface area (Å²) >= 11 is 7.56. The van der Waals surface area contributed by atoms with E-state index < -0.39 is 4.92 Å². The second-order valence-corrected chi connectivity index (χ2v) is 5.75. The predicted octanol–water partition coefficient (Wildman–Crippen LogP) is 4.45. The molecule has 0 spiro atoms. The van der Waals surface area contributed by atoms with E-state index in [2.05, 4.69) is 28.6 Å². The fourth-order valence-corrected chi connectivity index (χ4v) is 2.59. The van der Waals surface area contributed by atoms with Crippen molar-refractivity contribution in [2.24, 2.45) is 0 Å². The normalized spacial score (nSPS) is 11.9. The molecule has 0 aliphatic heterocycles. The number of nitro benzene ring substituents is 1. The predicted molar refractivity (Wildman–Crippen MR) is 89.3 cm³/mol. The standard InChI is InChI=1S/C15H14BrNO3S/c16-13-6-7-15(14(8-13)17(18)19)20-9-12(10-21)11-4-2-1-3-5-11/h1-8,12,21H,9-10H2. The van der Waals surface area contributed by atoms with E-state index in [1.807, 2.05) is 30.3 Å². The topological polar surface area (TPSA) is 52.4 Å². The highest BCUT2D eigenvalue weighted by atomic mass is 79.9. The monoisotopic (exact) mass is 367 g/mol. The zero-order valence-electron chi connectivity index (χ0n) is 11.1. The van der Waals surface area contributed by atoms with E-state index in [1.54, 1.807) is 12.1 Å². The lowest BCUT2D eigenvalue weighted by molar-refractivity contribution is -0.386. The molecule has 0 heterocycles. The summed E-state index contributed by atoms with van der Waals surface area (Å²) in [5.41, 5.74) is 1.06. The minimum Gasteiger partial charge on any atom is -0.486 e. The molecule has 0 bridgehead atoms. The van der Waals surface area contributed by atoms with Gasteiger partial charge >= 0.3 is 5.69 Å². The Morgan fingerprint density at radius 3 is 2.57 bits per heavy atom. The zero-order chi connectivity index (χ0) is 15.2. The molecule has 1 unspecified atom stereocenters. The molecule has 2 aromatic rings. The molecule has 2 rings (SSSR count). The molecular formula is C15H14BrNO3S. The first-order valence-corrected chi connectivity index (χ1v) is 7.77. The molecular weight excluding hydrogens is 354 g/mol. The third-order valence-corrected chi connectivity index (χ3v) is 3.98. The Labute approximate surface area is 136 Å². The number of nitrogens with zero attached hydrogens (tertiary/aromatic N) is 1. The van der Waals surface area contributed by atoms with Crippen LogP contribution in [-0.4, -0.2) is 17.3 Å². The van der Waals surface area contributed by atoms with E-state index in [-0.39, 0.29) is 17.4 Å². The highest BCUT2D eigenvalue weighted by Crippen LogP contribution is 2.31. The van der Waals surface area contributed by atoms with Crippen LogP contribution in [0.1, 0.15) is 11.5 Å². The molecule has 6 heteroatoms. The summed E-state index contributed by atoms with van der Waals surface area (Å²) in [4.78, 5) is 10.6. The molecule has 2 aromatic carbocycles. The van der Waals surface area contributed by atoms with Gasteiger partial charge in [-0.15, -0.1) is 0 Å². The van der Waals surface area contributed by atoms with Gasteiger partial charge in [0.05, 0.1) is 11.5 Å². The number of rotatable bonds is 6. The minimum atomic E-state index is -0.446. The Balaban J connectivity index is 2.14. The van der Waals surface area contributed by atoms with Gasteiger partial charge in [-0.3, -0.25) is 10.1 Å². The van der Waals surface area contributed by atoms with Crippen LogP contribution in [0.15, 0.2) is 53.0 Å². The first kappa shape index (κ1) is 15.9. The summed E-state index contributed by atoms with van der Waals surface area (Å²) in [6, 6.07) is 14.6. The average Bonchev–Trinajstić information content (AvgIpc) is 2.50. The fraction of sp³-hybridized carbons (Fsp3) is 0.200. The molecule has 1 atom stereocenters. The largest absolute Gasteiger partial charge is 0.486 e. The third-order valence-electron chi connectivity index (χ3n) is 3.05. The van der Waals surface area contributed by atoms with Crippen molar-refractivity contribution in [1.29, 1.82) is 0 Å². The van der Waals surface area contributed by atoms with Crippen LogP contribution in [0.3, 0.4) is 0 Å². The van der Waals surface area contributed by atoms with E-state index in [0.717, 1.165) is 5.56 Å². The summed E-state index contributed by atoms with van der Waals surface area (Å²) in [6.45, 7) is 0.343. The number of ether oxygens (including phenoxy) is 1. The molecule has 4 nitrogen and oxygen atoms in total. The lowest BCUT2D eigenvalue weighted by Crippen LogP contribution is -2.12. The highest BCUT2D eigenvalue weighted by Gasteiger charge is 2.18. The second kappa shape index (κ2) is 7.47. The van der Waals surface area contributed by atoms with Gasteiger partial charge in [-0.05, 0) is 17.7 Å². The van der Waals surface area contributed by atoms with E-state index >= 15 is 0 Å². The van der Waals surface area contributed by atoms with Crippen molar-refractivity contribution >= 4 is 34.2 Å². The maximum Gasteiger partial charge on any atom is 0.312 e. The lowest BCUT2D eigenvalue weighted by Gasteiger charge is -2.16. The number of halogens is 1. The van der Waals surface area contributed by atoms with Crippen LogP contribution < -0.4 is 4.74 Å². The summed E-state index contributed by atoms with van der Waals surface area (Å²) in [5, 5.41) is 11.0. The molecule has 0 fully saturated rings. The van der Waals surface area contributed by atoms with Crippen LogP contribution >= 0.6 is 28.6 Å². The Morgan fingerprint density at radius 2 is 1.95 bits per heavy atom. The number of thiol groups is 1. The van der Waals surface area contributed by atoms with Crippen molar-refractivity contribution in [2.45, 2.75) is 5.92 Å². The lowest BCUT2D eigenvalue weighted by atomic mass is 10.0. The summed E-state index contributed by atoms with van der Waals surface area (Å²) in [5.74, 6) is 0.956. The van der Waals surface area contributed by atoms with E-state index in [0.29, 0.717) is 16.8 Å². The second-order valence-electron chi connectivity index (χ2n) is 4.47. The summed E-state index contributed by atoms with van der Waals surface area (Å²) < 4.78 is 6.30. The van der Waals surface area contributed by atoms with Crippen LogP contribution in [0.25, 0.3) is 0 Å². The summed E-state index contributed by atoms with van der Waals surface area (Å²) in [7, 11) is 0. The van der Waals surface area contributed by atoms with E-state index in [4.69, 9.17) is 4.74 Å². The maximum atomic E-state index is 11.0. The zero-order valence-corrected chi connectivity index (χ0v) is 13.6.